The van der Waals surface area contributed by atoms with Gasteiger partial charge in [0.2, 0.25) is 5.95 Å². The van der Waals surface area contributed by atoms with Crippen LogP contribution in [0.3, 0.4) is 0 Å². The van der Waals surface area contributed by atoms with E-state index in [1.165, 1.54) is 43.4 Å². The second kappa shape index (κ2) is 9.44. The molecule has 0 bridgehead atoms. The van der Waals surface area contributed by atoms with Crippen molar-refractivity contribution in [2.75, 3.05) is 0 Å². The topological polar surface area (TPSA) is 60.9 Å². The number of hydrogen-bond acceptors (Lipinski definition) is 4. The Labute approximate surface area is 273 Å². The standard InChI is InChI=1S/C42H24N6/c1-2-11-25(12-3-1)26-23-43-41(44-24-26)39-31-14-4-6-18-32(31)45-42(46-39)48-34-20-9-15-28-30-17-8-16-29-27-13-5-7-19-33(27)47(40(29)30)35-21-10-22-36(48)38(35)37(28)34/h1-24H. The molecular formula is C42H24N6. The van der Waals surface area contributed by atoms with Gasteiger partial charge in [-0.1, -0.05) is 103 Å². The van der Waals surface area contributed by atoms with Gasteiger partial charge in [0.25, 0.3) is 0 Å². The Morgan fingerprint density at radius 3 is 1.88 bits per heavy atom. The van der Waals surface area contributed by atoms with Crippen molar-refractivity contribution in [2.24, 2.45) is 0 Å². The Morgan fingerprint density at radius 1 is 0.417 bits per heavy atom. The summed E-state index contributed by atoms with van der Waals surface area (Å²) < 4.78 is 4.66. The van der Waals surface area contributed by atoms with E-state index in [0.717, 1.165) is 38.6 Å². The number of fused-ring (bicyclic) bond motifs is 6. The van der Waals surface area contributed by atoms with E-state index in [1.807, 2.05) is 54.9 Å². The average molecular weight is 613 g/mol. The van der Waals surface area contributed by atoms with Gasteiger partial charge in [-0.3, -0.25) is 4.57 Å². The monoisotopic (exact) mass is 612 g/mol. The zero-order chi connectivity index (χ0) is 31.3. The van der Waals surface area contributed by atoms with Crippen LogP contribution in [0.5, 0.6) is 0 Å². The van der Waals surface area contributed by atoms with E-state index < -0.39 is 0 Å². The first-order chi connectivity index (χ1) is 23.8. The van der Waals surface area contributed by atoms with E-state index in [9.17, 15) is 0 Å². The third kappa shape index (κ3) is 3.35. The van der Waals surface area contributed by atoms with Crippen LogP contribution in [-0.4, -0.2) is 28.9 Å². The molecule has 0 N–H and O–H groups in total. The molecule has 11 aromatic rings. The lowest BCUT2D eigenvalue weighted by atomic mass is 10.0. The lowest BCUT2D eigenvalue weighted by Crippen LogP contribution is -2.04. The van der Waals surface area contributed by atoms with Gasteiger partial charge in [-0.05, 0) is 41.3 Å². The number of benzene rings is 6. The highest BCUT2D eigenvalue weighted by Crippen LogP contribution is 2.44. The molecule has 0 aliphatic rings. The molecule has 0 amide bonds. The first kappa shape index (κ1) is 25.5. The largest absolute Gasteiger partial charge is 0.308 e. The highest BCUT2D eigenvalue weighted by molar-refractivity contribution is 6.31. The van der Waals surface area contributed by atoms with Crippen LogP contribution in [0.2, 0.25) is 0 Å². The van der Waals surface area contributed by atoms with Gasteiger partial charge in [-0.25, -0.2) is 19.9 Å². The molecule has 11 rings (SSSR count). The highest BCUT2D eigenvalue weighted by atomic mass is 15.2. The van der Waals surface area contributed by atoms with E-state index in [-0.39, 0.29) is 0 Å². The number of rotatable bonds is 3. The maximum absolute atomic E-state index is 5.26. The lowest BCUT2D eigenvalue weighted by molar-refractivity contribution is 1.00. The van der Waals surface area contributed by atoms with Crippen molar-refractivity contribution in [3.63, 3.8) is 0 Å². The zero-order valence-corrected chi connectivity index (χ0v) is 25.5. The predicted octanol–water partition coefficient (Wildman–Crippen LogP) is 10.0. The molecule has 5 aromatic heterocycles. The normalized spacial score (nSPS) is 12.2. The van der Waals surface area contributed by atoms with Gasteiger partial charge in [0.05, 0.1) is 33.1 Å². The summed E-state index contributed by atoms with van der Waals surface area (Å²) in [5.74, 6) is 1.15. The number of aromatic nitrogens is 6. The van der Waals surface area contributed by atoms with Crippen molar-refractivity contribution < 1.29 is 0 Å². The molecular weight excluding hydrogens is 589 g/mol. The number of para-hydroxylation sites is 3. The van der Waals surface area contributed by atoms with E-state index in [0.29, 0.717) is 17.5 Å². The third-order valence-electron chi connectivity index (χ3n) is 9.78. The minimum atomic E-state index is 0.563. The smallest absolute Gasteiger partial charge is 0.235 e. The molecule has 6 nitrogen and oxygen atoms in total. The first-order valence-corrected chi connectivity index (χ1v) is 16.1. The van der Waals surface area contributed by atoms with Crippen LogP contribution < -0.4 is 0 Å². The summed E-state index contributed by atoms with van der Waals surface area (Å²) >= 11 is 0. The molecule has 6 heteroatoms. The number of nitrogens with zero attached hydrogens (tertiary/aromatic N) is 6. The van der Waals surface area contributed by atoms with Crippen molar-refractivity contribution in [3.05, 3.63) is 146 Å². The molecule has 6 aromatic carbocycles. The van der Waals surface area contributed by atoms with Crippen molar-refractivity contribution in [1.82, 2.24) is 28.9 Å². The lowest BCUT2D eigenvalue weighted by Gasteiger charge is -2.11. The Balaban J connectivity index is 1.25. The van der Waals surface area contributed by atoms with Crippen LogP contribution >= 0.6 is 0 Å². The van der Waals surface area contributed by atoms with Gasteiger partial charge in [0.15, 0.2) is 5.82 Å². The summed E-state index contributed by atoms with van der Waals surface area (Å²) in [6, 6.07) is 46.8. The molecule has 0 unspecified atom stereocenters. The summed E-state index contributed by atoms with van der Waals surface area (Å²) in [5.41, 5.74) is 9.27. The highest BCUT2D eigenvalue weighted by Gasteiger charge is 2.23. The molecule has 5 heterocycles. The maximum Gasteiger partial charge on any atom is 0.235 e. The first-order valence-electron chi connectivity index (χ1n) is 16.1. The third-order valence-corrected chi connectivity index (χ3v) is 9.78. The summed E-state index contributed by atoms with van der Waals surface area (Å²) in [4.78, 5) is 20.1. The van der Waals surface area contributed by atoms with Crippen LogP contribution in [0.1, 0.15) is 0 Å². The van der Waals surface area contributed by atoms with Crippen molar-refractivity contribution >= 4 is 70.8 Å². The van der Waals surface area contributed by atoms with Crippen molar-refractivity contribution in [1.29, 1.82) is 0 Å². The molecule has 222 valence electrons. The average Bonchev–Trinajstić information content (AvgIpc) is 3.64. The van der Waals surface area contributed by atoms with Gasteiger partial charge >= 0.3 is 0 Å². The molecule has 0 aliphatic carbocycles. The molecule has 0 aliphatic heterocycles. The molecule has 0 fully saturated rings. The molecule has 0 saturated heterocycles. The Kier molecular flexibility index (Phi) is 5.02. The quantitative estimate of drug-likeness (QED) is 0.199. The molecule has 0 radical (unpaired) electrons. The van der Waals surface area contributed by atoms with E-state index >= 15 is 0 Å². The predicted molar refractivity (Wildman–Crippen MR) is 195 cm³/mol. The second-order valence-electron chi connectivity index (χ2n) is 12.3. The zero-order valence-electron chi connectivity index (χ0n) is 25.5. The minimum Gasteiger partial charge on any atom is -0.308 e. The van der Waals surface area contributed by atoms with Crippen LogP contribution in [0.15, 0.2) is 146 Å². The number of hydrogen-bond donors (Lipinski definition) is 0. The van der Waals surface area contributed by atoms with Gasteiger partial charge in [-0.15, -0.1) is 0 Å². The van der Waals surface area contributed by atoms with E-state index in [4.69, 9.17) is 19.9 Å². The summed E-state index contributed by atoms with van der Waals surface area (Å²) in [6.07, 6.45) is 3.75. The molecule has 48 heavy (non-hydrogen) atoms. The van der Waals surface area contributed by atoms with Gasteiger partial charge in [-0.2, -0.15) is 0 Å². The molecule has 0 saturated carbocycles. The minimum absolute atomic E-state index is 0.563. The Bertz CT molecular complexity index is 3050. The SMILES string of the molecule is c1ccc(-c2cnc(-c3nc(-n4c5cccc6c7cccc8c9ccccc9n(c9cccc4c9c65)c78)nc4ccccc34)nc2)cc1. The van der Waals surface area contributed by atoms with Crippen LogP contribution in [0, 0.1) is 0 Å². The molecule has 0 spiro atoms. The Morgan fingerprint density at radius 2 is 1.02 bits per heavy atom. The van der Waals surface area contributed by atoms with Crippen molar-refractivity contribution in [3.8, 4) is 28.6 Å². The van der Waals surface area contributed by atoms with E-state index in [1.54, 1.807) is 0 Å². The Hall–Kier alpha value is -6.66. The summed E-state index contributed by atoms with van der Waals surface area (Å²) in [6.45, 7) is 0. The van der Waals surface area contributed by atoms with Crippen molar-refractivity contribution in [2.45, 2.75) is 0 Å². The van der Waals surface area contributed by atoms with E-state index in [2.05, 4.69) is 100.0 Å². The van der Waals surface area contributed by atoms with Crippen LogP contribution in [-0.2, 0) is 0 Å². The van der Waals surface area contributed by atoms with Gasteiger partial charge < -0.3 is 4.40 Å². The second-order valence-corrected chi connectivity index (χ2v) is 12.3. The fraction of sp³-hybridized carbons (Fsp3) is 0. The van der Waals surface area contributed by atoms with Crippen LogP contribution in [0.25, 0.3) is 99.4 Å². The van der Waals surface area contributed by atoms with Crippen LogP contribution in [0.4, 0.5) is 0 Å². The maximum atomic E-state index is 5.26. The summed E-state index contributed by atoms with van der Waals surface area (Å²) in [5, 5.41) is 8.23. The fourth-order valence-electron chi connectivity index (χ4n) is 7.77. The fourth-order valence-corrected chi connectivity index (χ4v) is 7.77. The molecule has 0 atom stereocenters. The summed E-state index contributed by atoms with van der Waals surface area (Å²) in [7, 11) is 0. The van der Waals surface area contributed by atoms with Gasteiger partial charge in [0.1, 0.15) is 5.69 Å². The van der Waals surface area contributed by atoms with Gasteiger partial charge in [0, 0.05) is 50.3 Å².